The SMILES string of the molecule is CC(=O)O[C@H]1CO[C@@H]2COC(c3ccccc3)O[C@@H]2[C@H]1F. The average Bonchev–Trinajstić information content (AvgIpc) is 2.50. The molecule has 0 aliphatic carbocycles. The second kappa shape index (κ2) is 6.09. The number of rotatable bonds is 2. The van der Waals surface area contributed by atoms with Crippen molar-refractivity contribution in [1.82, 2.24) is 0 Å². The molecule has 2 heterocycles. The Bertz CT molecular complexity index is 494. The van der Waals surface area contributed by atoms with Crippen LogP contribution in [0.3, 0.4) is 0 Å². The molecule has 0 amide bonds. The number of carbonyl (C=O) groups is 1. The summed E-state index contributed by atoms with van der Waals surface area (Å²) in [5, 5.41) is 0. The minimum atomic E-state index is -1.43. The van der Waals surface area contributed by atoms with Gasteiger partial charge in [-0.2, -0.15) is 0 Å². The van der Waals surface area contributed by atoms with Crippen LogP contribution in [0.25, 0.3) is 0 Å². The van der Waals surface area contributed by atoms with E-state index in [4.69, 9.17) is 18.9 Å². The minimum absolute atomic E-state index is 0.0185. The largest absolute Gasteiger partial charge is 0.457 e. The fraction of sp³-hybridized carbons (Fsp3) is 0.533. The number of esters is 1. The Kier molecular flexibility index (Phi) is 4.19. The molecule has 0 radical (unpaired) electrons. The van der Waals surface area contributed by atoms with Crippen molar-refractivity contribution >= 4 is 5.97 Å². The van der Waals surface area contributed by atoms with Crippen molar-refractivity contribution in [1.29, 1.82) is 0 Å². The molecular formula is C15H17FO5. The van der Waals surface area contributed by atoms with E-state index in [1.165, 1.54) is 6.92 Å². The molecule has 0 bridgehead atoms. The Labute approximate surface area is 121 Å². The number of alkyl halides is 1. The molecule has 5 nitrogen and oxygen atoms in total. The lowest BCUT2D eigenvalue weighted by Crippen LogP contribution is -2.57. The third-order valence-electron chi connectivity index (χ3n) is 3.59. The van der Waals surface area contributed by atoms with Gasteiger partial charge in [0.1, 0.15) is 12.2 Å². The normalized spacial score (nSPS) is 35.8. The van der Waals surface area contributed by atoms with E-state index in [0.717, 1.165) is 5.56 Å². The molecule has 6 heteroatoms. The summed E-state index contributed by atoms with van der Waals surface area (Å²) in [5.74, 6) is -0.531. The summed E-state index contributed by atoms with van der Waals surface area (Å²) >= 11 is 0. The number of hydrogen-bond acceptors (Lipinski definition) is 5. The van der Waals surface area contributed by atoms with Gasteiger partial charge in [0.2, 0.25) is 0 Å². The molecule has 0 aromatic heterocycles. The predicted octanol–water partition coefficient (Wildman–Crippen LogP) is 1.77. The summed E-state index contributed by atoms with van der Waals surface area (Å²) in [6, 6.07) is 9.31. The minimum Gasteiger partial charge on any atom is -0.457 e. The monoisotopic (exact) mass is 296 g/mol. The van der Waals surface area contributed by atoms with Gasteiger partial charge in [-0.25, -0.2) is 4.39 Å². The Hall–Kier alpha value is -1.50. The van der Waals surface area contributed by atoms with Gasteiger partial charge in [0.15, 0.2) is 18.6 Å². The highest BCUT2D eigenvalue weighted by molar-refractivity contribution is 5.66. The molecule has 2 saturated heterocycles. The molecule has 1 aromatic carbocycles. The number of ether oxygens (including phenoxy) is 4. The summed E-state index contributed by atoms with van der Waals surface area (Å²) < 4.78 is 36.2. The Morgan fingerprint density at radius 2 is 2.00 bits per heavy atom. The molecule has 0 spiro atoms. The number of hydrogen-bond donors (Lipinski definition) is 0. The van der Waals surface area contributed by atoms with Crippen LogP contribution in [-0.2, 0) is 23.7 Å². The Morgan fingerprint density at radius 3 is 2.71 bits per heavy atom. The highest BCUT2D eigenvalue weighted by Gasteiger charge is 2.47. The summed E-state index contributed by atoms with van der Waals surface area (Å²) in [7, 11) is 0. The highest BCUT2D eigenvalue weighted by Crippen LogP contribution is 2.33. The van der Waals surface area contributed by atoms with Crippen LogP contribution in [0.1, 0.15) is 18.8 Å². The number of halogens is 1. The van der Waals surface area contributed by atoms with E-state index in [1.54, 1.807) is 0 Å². The van der Waals surface area contributed by atoms with Crippen LogP contribution in [0.5, 0.6) is 0 Å². The molecule has 1 aromatic rings. The van der Waals surface area contributed by atoms with E-state index in [9.17, 15) is 9.18 Å². The lowest BCUT2D eigenvalue weighted by Gasteiger charge is -2.43. The Balaban J connectivity index is 1.71. The van der Waals surface area contributed by atoms with Crippen LogP contribution in [0, 0.1) is 0 Å². The van der Waals surface area contributed by atoms with Crippen molar-refractivity contribution in [2.45, 2.75) is 37.7 Å². The van der Waals surface area contributed by atoms with Crippen LogP contribution in [0.4, 0.5) is 4.39 Å². The maximum atomic E-state index is 14.5. The van der Waals surface area contributed by atoms with Crippen molar-refractivity contribution in [3.05, 3.63) is 35.9 Å². The summed E-state index contributed by atoms with van der Waals surface area (Å²) in [5.41, 5.74) is 0.817. The van der Waals surface area contributed by atoms with Gasteiger partial charge < -0.3 is 18.9 Å². The van der Waals surface area contributed by atoms with Crippen LogP contribution < -0.4 is 0 Å². The van der Waals surface area contributed by atoms with Gasteiger partial charge in [-0.3, -0.25) is 4.79 Å². The number of fused-ring (bicyclic) bond motifs is 1. The van der Waals surface area contributed by atoms with E-state index >= 15 is 0 Å². The molecule has 0 saturated carbocycles. The van der Waals surface area contributed by atoms with Gasteiger partial charge >= 0.3 is 5.97 Å². The molecule has 0 N–H and O–H groups in total. The fourth-order valence-electron chi connectivity index (χ4n) is 2.59. The lowest BCUT2D eigenvalue weighted by molar-refractivity contribution is -0.306. The maximum Gasteiger partial charge on any atom is 0.303 e. The summed E-state index contributed by atoms with van der Waals surface area (Å²) in [4.78, 5) is 11.0. The molecular weight excluding hydrogens is 279 g/mol. The van der Waals surface area contributed by atoms with Crippen LogP contribution >= 0.6 is 0 Å². The first-order valence-electron chi connectivity index (χ1n) is 6.90. The zero-order valence-electron chi connectivity index (χ0n) is 11.6. The van der Waals surface area contributed by atoms with Gasteiger partial charge in [-0.1, -0.05) is 30.3 Å². The van der Waals surface area contributed by atoms with Crippen molar-refractivity contribution < 1.29 is 28.1 Å². The van der Waals surface area contributed by atoms with E-state index in [2.05, 4.69) is 0 Å². The van der Waals surface area contributed by atoms with Crippen molar-refractivity contribution in [2.75, 3.05) is 13.2 Å². The smallest absolute Gasteiger partial charge is 0.303 e. The molecule has 5 atom stereocenters. The molecule has 1 unspecified atom stereocenters. The third-order valence-corrected chi connectivity index (χ3v) is 3.59. The molecule has 2 aliphatic rings. The van der Waals surface area contributed by atoms with E-state index in [0.29, 0.717) is 0 Å². The fourth-order valence-corrected chi connectivity index (χ4v) is 2.59. The van der Waals surface area contributed by atoms with Gasteiger partial charge in [-0.05, 0) is 0 Å². The van der Waals surface area contributed by atoms with E-state index in [1.807, 2.05) is 30.3 Å². The van der Waals surface area contributed by atoms with Crippen molar-refractivity contribution in [3.8, 4) is 0 Å². The van der Waals surface area contributed by atoms with Crippen LogP contribution in [-0.4, -0.2) is 43.7 Å². The van der Waals surface area contributed by atoms with E-state index in [-0.39, 0.29) is 13.2 Å². The quantitative estimate of drug-likeness (QED) is 0.779. The maximum absolute atomic E-state index is 14.5. The first-order chi connectivity index (χ1) is 10.1. The Morgan fingerprint density at radius 1 is 1.24 bits per heavy atom. The van der Waals surface area contributed by atoms with Crippen molar-refractivity contribution in [3.63, 3.8) is 0 Å². The lowest BCUT2D eigenvalue weighted by atomic mass is 10.00. The predicted molar refractivity (Wildman–Crippen MR) is 70.2 cm³/mol. The van der Waals surface area contributed by atoms with Crippen LogP contribution in [0.15, 0.2) is 30.3 Å². The molecule has 21 heavy (non-hydrogen) atoms. The zero-order chi connectivity index (χ0) is 14.8. The number of benzene rings is 1. The molecule has 3 rings (SSSR count). The van der Waals surface area contributed by atoms with Gasteiger partial charge in [-0.15, -0.1) is 0 Å². The summed E-state index contributed by atoms with van der Waals surface area (Å²) in [6.45, 7) is 1.51. The third kappa shape index (κ3) is 3.07. The van der Waals surface area contributed by atoms with Crippen LogP contribution in [0.2, 0.25) is 0 Å². The molecule has 114 valence electrons. The van der Waals surface area contributed by atoms with Crippen molar-refractivity contribution in [2.24, 2.45) is 0 Å². The van der Waals surface area contributed by atoms with Gasteiger partial charge in [0, 0.05) is 12.5 Å². The second-order valence-electron chi connectivity index (χ2n) is 5.14. The van der Waals surface area contributed by atoms with Gasteiger partial charge in [0.25, 0.3) is 0 Å². The topological polar surface area (TPSA) is 54.0 Å². The first kappa shape index (κ1) is 14.4. The summed E-state index contributed by atoms with van der Waals surface area (Å²) in [6.07, 6.45) is -4.28. The first-order valence-corrected chi connectivity index (χ1v) is 6.90. The van der Waals surface area contributed by atoms with E-state index < -0.39 is 36.7 Å². The molecule has 2 aliphatic heterocycles. The zero-order valence-corrected chi connectivity index (χ0v) is 11.6. The van der Waals surface area contributed by atoms with Gasteiger partial charge in [0.05, 0.1) is 13.2 Å². The standard InChI is InChI=1S/C15H17FO5/c1-9(17)20-11-7-18-12-8-19-15(21-14(12)13(11)16)10-5-3-2-4-6-10/h2-6,11-15H,7-8H2,1H3/t11-,12+,13-,14-,15?/m0/s1. The number of carbonyl (C=O) groups excluding carboxylic acids is 1. The highest BCUT2D eigenvalue weighted by atomic mass is 19.1. The second-order valence-corrected chi connectivity index (χ2v) is 5.14. The average molecular weight is 296 g/mol. The molecule has 2 fully saturated rings.